The average molecular weight is 295 g/mol. The van der Waals surface area contributed by atoms with Gasteiger partial charge in [-0.2, -0.15) is 5.10 Å². The second kappa shape index (κ2) is 6.09. The molecule has 1 aromatic heterocycles. The zero-order valence-corrected chi connectivity index (χ0v) is 14.0. The monoisotopic (exact) mass is 295 g/mol. The molecule has 0 fully saturated rings. The minimum Gasteiger partial charge on any atom is -0.418 e. The van der Waals surface area contributed by atoms with Gasteiger partial charge in [0.1, 0.15) is 5.82 Å². The Hall–Kier alpha value is -1.14. The predicted molar refractivity (Wildman–Crippen MR) is 82.9 cm³/mol. The van der Waals surface area contributed by atoms with Crippen molar-refractivity contribution in [3.8, 4) is 0 Å². The topological polar surface area (TPSA) is 47.4 Å². The van der Waals surface area contributed by atoms with Crippen molar-refractivity contribution in [3.63, 3.8) is 0 Å². The van der Waals surface area contributed by atoms with Gasteiger partial charge < -0.3 is 9.33 Å². The summed E-state index contributed by atoms with van der Waals surface area (Å²) >= 11 is 0. The van der Waals surface area contributed by atoms with Gasteiger partial charge >= 0.3 is 0 Å². The summed E-state index contributed by atoms with van der Waals surface area (Å²) in [5.41, 5.74) is 0.774. The molecule has 20 heavy (non-hydrogen) atoms. The summed E-state index contributed by atoms with van der Waals surface area (Å²) in [4.78, 5) is 14.3. The standard InChI is InChI=1S/C14H25N3O2Si/c1-16-14-12(11-15-16)13(18)7-5-8-17(14)9-6-10-19-20(2,3)4/h11H,5-10H2,1-4H3. The Morgan fingerprint density at radius 2 is 2.15 bits per heavy atom. The van der Waals surface area contributed by atoms with E-state index in [4.69, 9.17) is 4.43 Å². The first-order valence-electron chi connectivity index (χ1n) is 7.32. The maximum absolute atomic E-state index is 12.0. The van der Waals surface area contributed by atoms with Crippen LogP contribution in [0.15, 0.2) is 6.20 Å². The molecular weight excluding hydrogens is 270 g/mol. The Kier molecular flexibility index (Phi) is 4.65. The van der Waals surface area contributed by atoms with Crippen LogP contribution in [0.1, 0.15) is 29.6 Å². The van der Waals surface area contributed by atoms with Gasteiger partial charge in [-0.25, -0.2) is 0 Å². The molecule has 2 rings (SSSR count). The number of hydrogen-bond donors (Lipinski definition) is 0. The molecule has 112 valence electrons. The summed E-state index contributed by atoms with van der Waals surface area (Å²) in [5, 5.41) is 4.24. The molecule has 0 aliphatic carbocycles. The number of Topliss-reactive ketones (excluding diaryl/α,β-unsaturated/α-hetero) is 1. The third-order valence-electron chi connectivity index (χ3n) is 3.45. The van der Waals surface area contributed by atoms with Crippen molar-refractivity contribution in [1.29, 1.82) is 0 Å². The minimum absolute atomic E-state index is 0.217. The van der Waals surface area contributed by atoms with Gasteiger partial charge in [0.25, 0.3) is 0 Å². The van der Waals surface area contributed by atoms with Crippen molar-refractivity contribution in [2.75, 3.05) is 24.6 Å². The summed E-state index contributed by atoms with van der Waals surface area (Å²) in [6, 6.07) is 0. The third kappa shape index (κ3) is 3.70. The highest BCUT2D eigenvalue weighted by Gasteiger charge is 2.24. The molecule has 6 heteroatoms. The van der Waals surface area contributed by atoms with Crippen molar-refractivity contribution in [2.45, 2.75) is 38.9 Å². The van der Waals surface area contributed by atoms with Gasteiger partial charge in [-0.05, 0) is 32.5 Å². The highest BCUT2D eigenvalue weighted by Crippen LogP contribution is 2.25. The summed E-state index contributed by atoms with van der Waals surface area (Å²) in [6.07, 6.45) is 4.24. The quantitative estimate of drug-likeness (QED) is 0.618. The molecule has 1 aliphatic heterocycles. The van der Waals surface area contributed by atoms with Crippen LogP contribution in [0.5, 0.6) is 0 Å². The molecular formula is C14H25N3O2Si. The Morgan fingerprint density at radius 3 is 2.85 bits per heavy atom. The van der Waals surface area contributed by atoms with Crippen LogP contribution in [0.4, 0.5) is 5.82 Å². The Bertz CT molecular complexity index is 479. The molecule has 0 saturated carbocycles. The molecule has 0 aromatic carbocycles. The molecule has 0 unspecified atom stereocenters. The molecule has 0 bridgehead atoms. The maximum atomic E-state index is 12.0. The van der Waals surface area contributed by atoms with Crippen LogP contribution < -0.4 is 4.90 Å². The Balaban J connectivity index is 1.99. The van der Waals surface area contributed by atoms with E-state index in [0.717, 1.165) is 43.9 Å². The number of carbonyl (C=O) groups is 1. The molecule has 1 aromatic rings. The Morgan fingerprint density at radius 1 is 1.40 bits per heavy atom. The van der Waals surface area contributed by atoms with E-state index in [9.17, 15) is 4.79 Å². The summed E-state index contributed by atoms with van der Waals surface area (Å²) in [6.45, 7) is 9.26. The molecule has 2 heterocycles. The van der Waals surface area contributed by atoms with Gasteiger partial charge in [-0.1, -0.05) is 0 Å². The zero-order valence-electron chi connectivity index (χ0n) is 13.0. The molecule has 1 aliphatic rings. The van der Waals surface area contributed by atoms with Gasteiger partial charge in [-0.3, -0.25) is 9.48 Å². The number of fused-ring (bicyclic) bond motifs is 1. The van der Waals surface area contributed by atoms with Gasteiger partial charge in [-0.15, -0.1) is 0 Å². The maximum Gasteiger partial charge on any atom is 0.183 e. The van der Waals surface area contributed by atoms with Crippen molar-refractivity contribution in [1.82, 2.24) is 9.78 Å². The Labute approximate surface area is 122 Å². The number of carbonyl (C=O) groups excluding carboxylic acids is 1. The molecule has 0 spiro atoms. The normalized spacial score (nSPS) is 16.2. The largest absolute Gasteiger partial charge is 0.418 e. The van der Waals surface area contributed by atoms with E-state index in [2.05, 4.69) is 29.6 Å². The van der Waals surface area contributed by atoms with Crippen molar-refractivity contribution < 1.29 is 9.22 Å². The number of aromatic nitrogens is 2. The van der Waals surface area contributed by atoms with Crippen molar-refractivity contribution >= 4 is 19.9 Å². The van der Waals surface area contributed by atoms with E-state index in [-0.39, 0.29) is 5.78 Å². The number of aryl methyl sites for hydroxylation is 1. The molecule has 0 atom stereocenters. The van der Waals surface area contributed by atoms with E-state index < -0.39 is 8.32 Å². The first kappa shape index (κ1) is 15.2. The lowest BCUT2D eigenvalue weighted by Crippen LogP contribution is -2.30. The van der Waals surface area contributed by atoms with E-state index in [1.54, 1.807) is 6.20 Å². The number of ketones is 1. The zero-order chi connectivity index (χ0) is 14.8. The van der Waals surface area contributed by atoms with E-state index in [1.165, 1.54) is 0 Å². The van der Waals surface area contributed by atoms with Crippen LogP contribution in [-0.2, 0) is 11.5 Å². The van der Waals surface area contributed by atoms with Crippen LogP contribution in [-0.4, -0.2) is 43.6 Å². The fraction of sp³-hybridized carbons (Fsp3) is 0.714. The SMILES string of the molecule is Cn1ncc2c1N(CCCO[Si](C)(C)C)CCCC2=O. The van der Waals surface area contributed by atoms with E-state index in [0.29, 0.717) is 6.42 Å². The summed E-state index contributed by atoms with van der Waals surface area (Å²) in [5.74, 6) is 1.19. The molecule has 0 saturated heterocycles. The fourth-order valence-electron chi connectivity index (χ4n) is 2.53. The van der Waals surface area contributed by atoms with E-state index >= 15 is 0 Å². The highest BCUT2D eigenvalue weighted by atomic mass is 28.4. The van der Waals surface area contributed by atoms with Gasteiger partial charge in [0.05, 0.1) is 11.8 Å². The molecule has 0 radical (unpaired) electrons. The summed E-state index contributed by atoms with van der Waals surface area (Å²) in [7, 11) is 0.481. The predicted octanol–water partition coefficient (Wildman–Crippen LogP) is 2.44. The highest BCUT2D eigenvalue weighted by molar-refractivity contribution is 6.69. The molecule has 0 N–H and O–H groups in total. The lowest BCUT2D eigenvalue weighted by Gasteiger charge is -2.25. The number of nitrogens with zero attached hydrogens (tertiary/aromatic N) is 3. The molecule has 5 nitrogen and oxygen atoms in total. The number of anilines is 1. The lowest BCUT2D eigenvalue weighted by atomic mass is 10.1. The lowest BCUT2D eigenvalue weighted by molar-refractivity contribution is 0.0983. The van der Waals surface area contributed by atoms with Crippen molar-refractivity contribution in [2.24, 2.45) is 7.05 Å². The van der Waals surface area contributed by atoms with Gasteiger partial charge in [0.2, 0.25) is 0 Å². The van der Waals surface area contributed by atoms with Crippen LogP contribution in [0, 0.1) is 0 Å². The van der Waals surface area contributed by atoms with Gasteiger partial charge in [0, 0.05) is 33.2 Å². The van der Waals surface area contributed by atoms with Crippen LogP contribution in [0.2, 0.25) is 19.6 Å². The summed E-state index contributed by atoms with van der Waals surface area (Å²) < 4.78 is 7.71. The second-order valence-corrected chi connectivity index (χ2v) is 10.8. The van der Waals surface area contributed by atoms with Crippen molar-refractivity contribution in [3.05, 3.63) is 11.8 Å². The second-order valence-electron chi connectivity index (χ2n) is 6.33. The third-order valence-corrected chi connectivity index (χ3v) is 4.52. The average Bonchev–Trinajstić information content (AvgIpc) is 2.64. The van der Waals surface area contributed by atoms with Crippen LogP contribution in [0.3, 0.4) is 0 Å². The smallest absolute Gasteiger partial charge is 0.183 e. The number of hydrogen-bond acceptors (Lipinski definition) is 4. The fourth-order valence-corrected chi connectivity index (χ4v) is 3.28. The number of rotatable bonds is 5. The van der Waals surface area contributed by atoms with Crippen LogP contribution in [0.25, 0.3) is 0 Å². The minimum atomic E-state index is -1.42. The van der Waals surface area contributed by atoms with E-state index in [1.807, 2.05) is 11.7 Å². The van der Waals surface area contributed by atoms with Gasteiger partial charge in [0.15, 0.2) is 14.1 Å². The first-order valence-corrected chi connectivity index (χ1v) is 10.7. The van der Waals surface area contributed by atoms with Crippen LogP contribution >= 0.6 is 0 Å². The first-order chi connectivity index (χ1) is 9.38. The molecule has 0 amide bonds.